The summed E-state index contributed by atoms with van der Waals surface area (Å²) in [4.78, 5) is 12.1. The summed E-state index contributed by atoms with van der Waals surface area (Å²) in [7, 11) is 0. The van der Waals surface area contributed by atoms with Gasteiger partial charge in [0, 0.05) is 25.0 Å². The van der Waals surface area contributed by atoms with Crippen LogP contribution in [0.5, 0.6) is 0 Å². The minimum atomic E-state index is 0.423. The topological polar surface area (TPSA) is 38.7 Å². The Kier molecular flexibility index (Phi) is 2.70. The van der Waals surface area contributed by atoms with Crippen molar-refractivity contribution in [3.63, 3.8) is 0 Å². The van der Waals surface area contributed by atoms with E-state index >= 15 is 0 Å². The molecule has 70 valence electrons. The van der Waals surface area contributed by atoms with Gasteiger partial charge in [-0.3, -0.25) is 9.97 Å². The van der Waals surface area contributed by atoms with Crippen LogP contribution in [0.4, 0.5) is 0 Å². The van der Waals surface area contributed by atoms with Crippen LogP contribution in [-0.2, 0) is 6.42 Å². The lowest BCUT2D eigenvalue weighted by Crippen LogP contribution is -1.93. The van der Waals surface area contributed by atoms with Gasteiger partial charge in [0.15, 0.2) is 0 Å². The summed E-state index contributed by atoms with van der Waals surface area (Å²) in [5, 5.41) is 0.423. The lowest BCUT2D eigenvalue weighted by atomic mass is 10.2. The largest absolute Gasteiger partial charge is 0.264 e. The van der Waals surface area contributed by atoms with Crippen LogP contribution < -0.4 is 0 Å². The molecule has 0 aromatic carbocycles. The molecular formula is C10H8ClN3. The SMILES string of the molecule is Clc1cncc(Cc2cccnc2)n1. The fourth-order valence-electron chi connectivity index (χ4n) is 1.18. The average Bonchev–Trinajstić information content (AvgIpc) is 2.19. The molecule has 0 fully saturated rings. The highest BCUT2D eigenvalue weighted by atomic mass is 35.5. The number of rotatable bonds is 2. The summed E-state index contributed by atoms with van der Waals surface area (Å²) >= 11 is 5.72. The van der Waals surface area contributed by atoms with E-state index in [4.69, 9.17) is 11.6 Å². The zero-order chi connectivity index (χ0) is 9.80. The van der Waals surface area contributed by atoms with E-state index in [-0.39, 0.29) is 0 Å². The molecule has 3 nitrogen and oxygen atoms in total. The maximum Gasteiger partial charge on any atom is 0.147 e. The number of aromatic nitrogens is 3. The van der Waals surface area contributed by atoms with Gasteiger partial charge in [-0.1, -0.05) is 17.7 Å². The first-order valence-corrected chi connectivity index (χ1v) is 4.58. The Morgan fingerprint density at radius 3 is 2.79 bits per heavy atom. The quantitative estimate of drug-likeness (QED) is 0.754. The maximum absolute atomic E-state index is 5.72. The van der Waals surface area contributed by atoms with E-state index in [1.165, 1.54) is 6.20 Å². The molecule has 0 spiro atoms. The van der Waals surface area contributed by atoms with E-state index in [1.54, 1.807) is 12.4 Å². The standard InChI is InChI=1S/C10H8ClN3/c11-10-7-13-6-9(14-10)4-8-2-1-3-12-5-8/h1-3,5-7H,4H2. The number of hydrogen-bond donors (Lipinski definition) is 0. The molecular weight excluding hydrogens is 198 g/mol. The zero-order valence-electron chi connectivity index (χ0n) is 7.39. The Bertz CT molecular complexity index is 417. The molecule has 0 saturated heterocycles. The van der Waals surface area contributed by atoms with E-state index < -0.39 is 0 Å². The van der Waals surface area contributed by atoms with E-state index in [1.807, 2.05) is 18.3 Å². The minimum Gasteiger partial charge on any atom is -0.264 e. The zero-order valence-corrected chi connectivity index (χ0v) is 8.15. The molecule has 14 heavy (non-hydrogen) atoms. The molecule has 0 aliphatic rings. The molecule has 0 atom stereocenters. The van der Waals surface area contributed by atoms with Crippen molar-refractivity contribution in [3.05, 3.63) is 53.3 Å². The van der Waals surface area contributed by atoms with Crippen molar-refractivity contribution < 1.29 is 0 Å². The molecule has 0 amide bonds. The smallest absolute Gasteiger partial charge is 0.147 e. The van der Waals surface area contributed by atoms with Gasteiger partial charge in [-0.2, -0.15) is 0 Å². The molecule has 2 aromatic rings. The third-order valence-corrected chi connectivity index (χ3v) is 1.95. The highest BCUT2D eigenvalue weighted by molar-refractivity contribution is 6.29. The Morgan fingerprint density at radius 2 is 2.07 bits per heavy atom. The third kappa shape index (κ3) is 2.26. The molecule has 2 aromatic heterocycles. The lowest BCUT2D eigenvalue weighted by molar-refractivity contribution is 1.02. The Morgan fingerprint density at radius 1 is 1.14 bits per heavy atom. The molecule has 0 N–H and O–H groups in total. The van der Waals surface area contributed by atoms with E-state index in [0.717, 1.165) is 11.3 Å². The van der Waals surface area contributed by atoms with Gasteiger partial charge >= 0.3 is 0 Å². The molecule has 0 radical (unpaired) electrons. The molecule has 2 heterocycles. The monoisotopic (exact) mass is 205 g/mol. The van der Waals surface area contributed by atoms with Gasteiger partial charge in [-0.15, -0.1) is 0 Å². The molecule has 0 saturated carbocycles. The van der Waals surface area contributed by atoms with Crippen molar-refractivity contribution >= 4 is 11.6 Å². The highest BCUT2D eigenvalue weighted by Gasteiger charge is 1.98. The molecule has 0 aliphatic heterocycles. The first-order chi connectivity index (χ1) is 6.84. The molecule has 0 bridgehead atoms. The van der Waals surface area contributed by atoms with Crippen molar-refractivity contribution in [2.24, 2.45) is 0 Å². The van der Waals surface area contributed by atoms with Gasteiger partial charge in [0.25, 0.3) is 0 Å². The lowest BCUT2D eigenvalue weighted by Gasteiger charge is -1.99. The second kappa shape index (κ2) is 4.15. The Balaban J connectivity index is 2.19. The predicted octanol–water partition coefficient (Wildman–Crippen LogP) is 2.12. The highest BCUT2D eigenvalue weighted by Crippen LogP contribution is 2.07. The first kappa shape index (κ1) is 9.09. The molecule has 0 aliphatic carbocycles. The van der Waals surface area contributed by atoms with Gasteiger partial charge < -0.3 is 0 Å². The van der Waals surface area contributed by atoms with Crippen LogP contribution in [-0.4, -0.2) is 15.0 Å². The number of nitrogens with zero attached hydrogens (tertiary/aromatic N) is 3. The van der Waals surface area contributed by atoms with Crippen molar-refractivity contribution in [1.29, 1.82) is 0 Å². The van der Waals surface area contributed by atoms with Crippen LogP contribution in [0.25, 0.3) is 0 Å². The molecule has 4 heteroatoms. The van der Waals surface area contributed by atoms with Gasteiger partial charge in [0.2, 0.25) is 0 Å². The van der Waals surface area contributed by atoms with Crippen LogP contribution >= 0.6 is 11.6 Å². The number of pyridine rings is 1. The minimum absolute atomic E-state index is 0.423. The molecule has 2 rings (SSSR count). The fourth-order valence-corrected chi connectivity index (χ4v) is 1.34. The van der Waals surface area contributed by atoms with Crippen molar-refractivity contribution in [2.75, 3.05) is 0 Å². The van der Waals surface area contributed by atoms with Gasteiger partial charge in [0.05, 0.1) is 11.9 Å². The fraction of sp³-hybridized carbons (Fsp3) is 0.100. The average molecular weight is 206 g/mol. The Labute approximate surface area is 86.8 Å². The predicted molar refractivity (Wildman–Crippen MR) is 54.1 cm³/mol. The van der Waals surface area contributed by atoms with E-state index in [9.17, 15) is 0 Å². The second-order valence-electron chi connectivity index (χ2n) is 2.87. The number of halogens is 1. The van der Waals surface area contributed by atoms with Gasteiger partial charge in [-0.25, -0.2) is 4.98 Å². The summed E-state index contributed by atoms with van der Waals surface area (Å²) in [6.45, 7) is 0. The van der Waals surface area contributed by atoms with Crippen LogP contribution in [0, 0.1) is 0 Å². The summed E-state index contributed by atoms with van der Waals surface area (Å²) < 4.78 is 0. The second-order valence-corrected chi connectivity index (χ2v) is 3.26. The Hall–Kier alpha value is -1.48. The van der Waals surface area contributed by atoms with Crippen LogP contribution in [0.15, 0.2) is 36.9 Å². The number of hydrogen-bond acceptors (Lipinski definition) is 3. The van der Waals surface area contributed by atoms with Crippen molar-refractivity contribution in [3.8, 4) is 0 Å². The molecule has 0 unspecified atom stereocenters. The van der Waals surface area contributed by atoms with Gasteiger partial charge in [0.1, 0.15) is 5.15 Å². The third-order valence-electron chi connectivity index (χ3n) is 1.76. The normalized spacial score (nSPS) is 10.1. The summed E-state index contributed by atoms with van der Waals surface area (Å²) in [6, 6.07) is 3.89. The van der Waals surface area contributed by atoms with Crippen molar-refractivity contribution in [2.45, 2.75) is 6.42 Å². The van der Waals surface area contributed by atoms with E-state index in [2.05, 4.69) is 15.0 Å². The first-order valence-electron chi connectivity index (χ1n) is 4.20. The van der Waals surface area contributed by atoms with E-state index in [0.29, 0.717) is 11.6 Å². The van der Waals surface area contributed by atoms with Gasteiger partial charge in [-0.05, 0) is 11.6 Å². The van der Waals surface area contributed by atoms with Crippen LogP contribution in [0.2, 0.25) is 5.15 Å². The van der Waals surface area contributed by atoms with Crippen LogP contribution in [0.1, 0.15) is 11.3 Å². The maximum atomic E-state index is 5.72. The van der Waals surface area contributed by atoms with Crippen LogP contribution in [0.3, 0.4) is 0 Å². The summed E-state index contributed by atoms with van der Waals surface area (Å²) in [6.07, 6.45) is 7.49. The summed E-state index contributed by atoms with van der Waals surface area (Å²) in [5.74, 6) is 0. The van der Waals surface area contributed by atoms with Crippen molar-refractivity contribution in [1.82, 2.24) is 15.0 Å². The summed E-state index contributed by atoms with van der Waals surface area (Å²) in [5.41, 5.74) is 1.95.